The van der Waals surface area contributed by atoms with Gasteiger partial charge in [-0.05, 0) is 66.4 Å². The van der Waals surface area contributed by atoms with E-state index in [1.165, 1.54) is 10.5 Å². The Kier molecular flexibility index (Phi) is 8.16. The molecule has 4 rings (SSSR count). The van der Waals surface area contributed by atoms with Crippen LogP contribution in [0, 0.1) is 13.8 Å². The van der Waals surface area contributed by atoms with Crippen molar-refractivity contribution < 1.29 is 19.1 Å². The molecule has 0 atom stereocenters. The van der Waals surface area contributed by atoms with E-state index in [4.69, 9.17) is 9.47 Å². The molecule has 3 aromatic rings. The summed E-state index contributed by atoms with van der Waals surface area (Å²) in [6.07, 6.45) is 1.73. The Hall–Kier alpha value is -3.51. The van der Waals surface area contributed by atoms with E-state index in [9.17, 15) is 9.59 Å². The zero-order valence-corrected chi connectivity index (χ0v) is 21.9. The van der Waals surface area contributed by atoms with Crippen molar-refractivity contribution in [2.45, 2.75) is 40.2 Å². The van der Waals surface area contributed by atoms with Gasteiger partial charge in [0.25, 0.3) is 11.1 Å². The van der Waals surface area contributed by atoms with E-state index in [0.717, 1.165) is 39.8 Å². The van der Waals surface area contributed by atoms with Gasteiger partial charge >= 0.3 is 0 Å². The second kappa shape index (κ2) is 11.5. The topological polar surface area (TPSA) is 55.8 Å². The molecule has 1 heterocycles. The Bertz CT molecular complexity index is 1300. The van der Waals surface area contributed by atoms with E-state index in [1.807, 2.05) is 62.4 Å². The van der Waals surface area contributed by atoms with E-state index in [0.29, 0.717) is 23.2 Å². The lowest BCUT2D eigenvalue weighted by atomic mass is 10.0. The molecule has 0 spiro atoms. The van der Waals surface area contributed by atoms with Crippen LogP contribution in [0.5, 0.6) is 11.5 Å². The molecule has 0 aliphatic carbocycles. The van der Waals surface area contributed by atoms with Crippen molar-refractivity contribution in [2.75, 3.05) is 13.2 Å². The second-order valence-electron chi connectivity index (χ2n) is 9.19. The van der Waals surface area contributed by atoms with E-state index in [-0.39, 0.29) is 24.3 Å². The van der Waals surface area contributed by atoms with Gasteiger partial charge in [-0.25, -0.2) is 0 Å². The first kappa shape index (κ1) is 25.6. The highest BCUT2D eigenvalue weighted by Gasteiger charge is 2.35. The third kappa shape index (κ3) is 6.18. The highest BCUT2D eigenvalue weighted by Crippen LogP contribution is 2.34. The summed E-state index contributed by atoms with van der Waals surface area (Å²) in [6.45, 7) is 9.14. The maximum absolute atomic E-state index is 13.0. The van der Waals surface area contributed by atoms with Crippen LogP contribution >= 0.6 is 11.8 Å². The minimum absolute atomic E-state index is 0.193. The first-order valence-electron chi connectivity index (χ1n) is 12.1. The van der Waals surface area contributed by atoms with Crippen molar-refractivity contribution >= 4 is 29.0 Å². The first-order chi connectivity index (χ1) is 17.3. The van der Waals surface area contributed by atoms with E-state index in [2.05, 4.69) is 32.0 Å². The summed E-state index contributed by atoms with van der Waals surface area (Å²) in [6, 6.07) is 21.8. The monoisotopic (exact) mass is 501 g/mol. The van der Waals surface area contributed by atoms with Crippen molar-refractivity contribution in [3.63, 3.8) is 0 Å². The highest BCUT2D eigenvalue weighted by molar-refractivity contribution is 8.18. The zero-order valence-electron chi connectivity index (χ0n) is 21.1. The first-order valence-corrected chi connectivity index (χ1v) is 12.9. The molecule has 3 aromatic carbocycles. The third-order valence-electron chi connectivity index (χ3n) is 5.92. The van der Waals surface area contributed by atoms with Crippen LogP contribution < -0.4 is 9.47 Å². The second-order valence-corrected chi connectivity index (χ2v) is 10.2. The molecule has 186 valence electrons. The van der Waals surface area contributed by atoms with Crippen LogP contribution in [0.25, 0.3) is 6.08 Å². The van der Waals surface area contributed by atoms with Gasteiger partial charge in [-0.3, -0.25) is 14.5 Å². The van der Waals surface area contributed by atoms with Crippen LogP contribution in [0.1, 0.15) is 47.6 Å². The minimum Gasteiger partial charge on any atom is -0.491 e. The molecule has 2 amide bonds. The molecule has 1 aliphatic rings. The minimum atomic E-state index is -0.310. The number of imide groups is 1. The number of hydrogen-bond acceptors (Lipinski definition) is 5. The van der Waals surface area contributed by atoms with Gasteiger partial charge in [0.15, 0.2) is 0 Å². The lowest BCUT2D eigenvalue weighted by Gasteiger charge is -2.17. The number of rotatable bonds is 9. The standard InChI is InChI=1S/C30H31NO4S/c1-20(2)25-13-12-22(4)17-27(25)34-15-14-31-29(32)28(36-30(31)33)18-24-10-5-6-11-26(24)35-19-23-9-7-8-21(3)16-23/h5-13,16-18,20H,14-15,19H2,1-4H3/b28-18-. The summed E-state index contributed by atoms with van der Waals surface area (Å²) in [5.41, 5.74) is 5.21. The molecular formula is C30H31NO4S. The quantitative estimate of drug-likeness (QED) is 0.292. The maximum atomic E-state index is 13.0. The van der Waals surface area contributed by atoms with Crippen LogP contribution in [0.2, 0.25) is 0 Å². The molecule has 36 heavy (non-hydrogen) atoms. The number of thioether (sulfide) groups is 1. The molecule has 1 fully saturated rings. The van der Waals surface area contributed by atoms with Crippen LogP contribution in [0.15, 0.2) is 71.6 Å². The zero-order chi connectivity index (χ0) is 25.7. The summed E-state index contributed by atoms with van der Waals surface area (Å²) in [7, 11) is 0. The fourth-order valence-electron chi connectivity index (χ4n) is 4.02. The summed E-state index contributed by atoms with van der Waals surface area (Å²) < 4.78 is 12.0. The Morgan fingerprint density at radius 2 is 1.67 bits per heavy atom. The average Bonchev–Trinajstić information content (AvgIpc) is 3.11. The lowest BCUT2D eigenvalue weighted by Crippen LogP contribution is -2.32. The Balaban J connectivity index is 1.42. The molecule has 1 saturated heterocycles. The Morgan fingerprint density at radius 3 is 2.44 bits per heavy atom. The number of ether oxygens (including phenoxy) is 2. The summed E-state index contributed by atoms with van der Waals surface area (Å²) in [4.78, 5) is 27.3. The van der Waals surface area contributed by atoms with Crippen molar-refractivity contribution in [1.29, 1.82) is 0 Å². The van der Waals surface area contributed by atoms with Crippen molar-refractivity contribution in [3.8, 4) is 11.5 Å². The predicted molar refractivity (Wildman–Crippen MR) is 145 cm³/mol. The van der Waals surface area contributed by atoms with E-state index in [1.54, 1.807) is 6.08 Å². The molecular weight excluding hydrogens is 470 g/mol. The largest absolute Gasteiger partial charge is 0.491 e. The number of benzene rings is 3. The molecule has 1 aliphatic heterocycles. The van der Waals surface area contributed by atoms with E-state index >= 15 is 0 Å². The van der Waals surface area contributed by atoms with E-state index < -0.39 is 0 Å². The lowest BCUT2D eigenvalue weighted by molar-refractivity contribution is -0.123. The van der Waals surface area contributed by atoms with Crippen molar-refractivity contribution in [2.24, 2.45) is 0 Å². The van der Waals surface area contributed by atoms with Crippen molar-refractivity contribution in [1.82, 2.24) is 4.90 Å². The number of nitrogens with zero attached hydrogens (tertiary/aromatic N) is 1. The molecule has 0 N–H and O–H groups in total. The fourth-order valence-corrected chi connectivity index (χ4v) is 4.87. The van der Waals surface area contributed by atoms with Crippen LogP contribution in [-0.4, -0.2) is 29.2 Å². The van der Waals surface area contributed by atoms with Crippen LogP contribution in [0.3, 0.4) is 0 Å². The molecule has 5 nitrogen and oxygen atoms in total. The number of hydrogen-bond donors (Lipinski definition) is 0. The smallest absolute Gasteiger partial charge is 0.293 e. The van der Waals surface area contributed by atoms with Gasteiger partial charge in [-0.1, -0.05) is 74.0 Å². The third-order valence-corrected chi connectivity index (χ3v) is 6.83. The predicted octanol–water partition coefficient (Wildman–Crippen LogP) is 7.12. The van der Waals surface area contributed by atoms with Gasteiger partial charge in [-0.15, -0.1) is 0 Å². The number of carbonyl (C=O) groups is 2. The summed E-state index contributed by atoms with van der Waals surface area (Å²) in [5, 5.41) is -0.290. The molecule has 0 saturated carbocycles. The SMILES string of the molecule is Cc1cccc(COc2ccccc2/C=C2\SC(=O)N(CCOc3cc(C)ccc3C(C)C)C2=O)c1. The number of para-hydroxylation sites is 1. The van der Waals surface area contributed by atoms with Gasteiger partial charge in [0.1, 0.15) is 24.7 Å². The van der Waals surface area contributed by atoms with Crippen LogP contribution in [-0.2, 0) is 11.4 Å². The van der Waals surface area contributed by atoms with Gasteiger partial charge in [0.2, 0.25) is 0 Å². The van der Waals surface area contributed by atoms with Crippen LogP contribution in [0.4, 0.5) is 4.79 Å². The number of aryl methyl sites for hydroxylation is 2. The van der Waals surface area contributed by atoms with Crippen molar-refractivity contribution in [3.05, 3.63) is 99.5 Å². The summed E-state index contributed by atoms with van der Waals surface area (Å²) >= 11 is 0.946. The molecule has 0 aromatic heterocycles. The molecule has 0 bridgehead atoms. The maximum Gasteiger partial charge on any atom is 0.293 e. The normalized spacial score (nSPS) is 14.7. The Labute approximate surface area is 217 Å². The molecule has 6 heteroatoms. The fraction of sp³-hybridized carbons (Fsp3) is 0.267. The summed E-state index contributed by atoms with van der Waals surface area (Å²) in [5.74, 6) is 1.46. The van der Waals surface area contributed by atoms with Gasteiger partial charge in [0.05, 0.1) is 11.4 Å². The average molecular weight is 502 g/mol. The number of amides is 2. The highest BCUT2D eigenvalue weighted by atomic mass is 32.2. The van der Waals surface area contributed by atoms with Gasteiger partial charge in [-0.2, -0.15) is 0 Å². The number of carbonyl (C=O) groups excluding carboxylic acids is 2. The van der Waals surface area contributed by atoms with Gasteiger partial charge < -0.3 is 9.47 Å². The Morgan fingerprint density at radius 1 is 0.889 bits per heavy atom. The van der Waals surface area contributed by atoms with Gasteiger partial charge in [0, 0.05) is 5.56 Å². The molecule has 0 radical (unpaired) electrons. The molecule has 0 unspecified atom stereocenters.